The van der Waals surface area contributed by atoms with E-state index in [-0.39, 0.29) is 11.4 Å². The number of hydrogen-bond donors (Lipinski definition) is 0. The van der Waals surface area contributed by atoms with E-state index in [1.807, 2.05) is 20.8 Å². The number of rotatable bonds is 6. The van der Waals surface area contributed by atoms with Gasteiger partial charge in [-0.1, -0.05) is 27.7 Å². The predicted octanol–water partition coefficient (Wildman–Crippen LogP) is 3.48. The van der Waals surface area contributed by atoms with Gasteiger partial charge in [-0.15, -0.1) is 0 Å². The summed E-state index contributed by atoms with van der Waals surface area (Å²) in [6.45, 7) is 12.1. The highest BCUT2D eigenvalue weighted by Gasteiger charge is 2.38. The fourth-order valence-electron chi connectivity index (χ4n) is 0.935. The molecule has 0 unspecified atom stereocenters. The molecule has 0 aromatic rings. The van der Waals surface area contributed by atoms with Crippen LogP contribution in [0.2, 0.25) is 0 Å². The van der Waals surface area contributed by atoms with E-state index in [9.17, 15) is 4.79 Å². The second kappa shape index (κ2) is 5.50. The Labute approximate surface area is 93.1 Å². The van der Waals surface area contributed by atoms with Gasteiger partial charge in [-0.05, 0) is 32.1 Å². The van der Waals surface area contributed by atoms with Gasteiger partial charge in [0.2, 0.25) is 0 Å². The first kappa shape index (κ1) is 14.4. The maximum absolute atomic E-state index is 11.2. The Kier molecular flexibility index (Phi) is 5.29. The first-order valence-corrected chi connectivity index (χ1v) is 5.65. The van der Waals surface area contributed by atoms with E-state index in [0.717, 1.165) is 12.8 Å². The van der Waals surface area contributed by atoms with Crippen LogP contribution in [0.3, 0.4) is 0 Å². The average molecular weight is 216 g/mol. The van der Waals surface area contributed by atoms with Crippen molar-refractivity contribution in [2.24, 2.45) is 5.41 Å². The van der Waals surface area contributed by atoms with Crippen LogP contribution in [0.1, 0.15) is 60.8 Å². The zero-order valence-corrected chi connectivity index (χ0v) is 10.8. The van der Waals surface area contributed by atoms with Gasteiger partial charge in [-0.2, -0.15) is 4.89 Å². The standard InChI is InChI=1S/C12H24O3/c1-7-9-10(13)14-15-12(5,6)11(3,4)8-2/h7-9H2,1-6H3. The zero-order chi connectivity index (χ0) is 12.1. The lowest BCUT2D eigenvalue weighted by Gasteiger charge is -2.38. The van der Waals surface area contributed by atoms with Crippen molar-refractivity contribution < 1.29 is 14.6 Å². The Balaban J connectivity index is 4.21. The van der Waals surface area contributed by atoms with E-state index in [4.69, 9.17) is 9.78 Å². The molecule has 0 aliphatic carbocycles. The normalized spacial score (nSPS) is 12.7. The van der Waals surface area contributed by atoms with Crippen molar-refractivity contribution in [3.63, 3.8) is 0 Å². The lowest BCUT2D eigenvalue weighted by atomic mass is 9.75. The van der Waals surface area contributed by atoms with E-state index < -0.39 is 5.60 Å². The van der Waals surface area contributed by atoms with Crippen LogP contribution in [0.15, 0.2) is 0 Å². The first-order valence-electron chi connectivity index (χ1n) is 5.65. The van der Waals surface area contributed by atoms with Gasteiger partial charge in [0.05, 0.1) is 0 Å². The van der Waals surface area contributed by atoms with Crippen molar-refractivity contribution in [3.05, 3.63) is 0 Å². The van der Waals surface area contributed by atoms with Gasteiger partial charge in [-0.3, -0.25) is 4.89 Å². The van der Waals surface area contributed by atoms with E-state index in [0.29, 0.717) is 6.42 Å². The van der Waals surface area contributed by atoms with Gasteiger partial charge in [0, 0.05) is 6.42 Å². The molecule has 0 amide bonds. The summed E-state index contributed by atoms with van der Waals surface area (Å²) in [6.07, 6.45) is 2.15. The van der Waals surface area contributed by atoms with Gasteiger partial charge < -0.3 is 0 Å². The lowest BCUT2D eigenvalue weighted by molar-refractivity contribution is -0.347. The SMILES string of the molecule is CCCC(=O)OOC(C)(C)C(C)(C)CC. The molecule has 0 saturated carbocycles. The number of carbonyl (C=O) groups excluding carboxylic acids is 1. The van der Waals surface area contributed by atoms with E-state index in [1.54, 1.807) is 0 Å². The van der Waals surface area contributed by atoms with Gasteiger partial charge in [0.15, 0.2) is 0 Å². The summed E-state index contributed by atoms with van der Waals surface area (Å²) in [7, 11) is 0. The highest BCUT2D eigenvalue weighted by atomic mass is 17.2. The van der Waals surface area contributed by atoms with Crippen molar-refractivity contribution in [1.29, 1.82) is 0 Å². The van der Waals surface area contributed by atoms with Crippen molar-refractivity contribution in [2.45, 2.75) is 66.4 Å². The van der Waals surface area contributed by atoms with E-state index in [1.165, 1.54) is 0 Å². The van der Waals surface area contributed by atoms with Crippen LogP contribution < -0.4 is 0 Å². The van der Waals surface area contributed by atoms with Crippen LogP contribution in [-0.4, -0.2) is 11.6 Å². The molecule has 15 heavy (non-hydrogen) atoms. The molecule has 0 saturated heterocycles. The molecule has 0 heterocycles. The Morgan fingerprint density at radius 3 is 2.07 bits per heavy atom. The summed E-state index contributed by atoms with van der Waals surface area (Å²) in [5.74, 6) is -0.294. The molecule has 0 fully saturated rings. The Morgan fingerprint density at radius 2 is 1.67 bits per heavy atom. The molecule has 0 bridgehead atoms. The first-order chi connectivity index (χ1) is 6.77. The summed E-state index contributed by atoms with van der Waals surface area (Å²) in [6, 6.07) is 0. The molecule has 0 spiro atoms. The molecular formula is C12H24O3. The monoisotopic (exact) mass is 216 g/mol. The van der Waals surface area contributed by atoms with Crippen LogP contribution in [0.4, 0.5) is 0 Å². The van der Waals surface area contributed by atoms with Gasteiger partial charge >= 0.3 is 5.97 Å². The molecule has 3 heteroatoms. The maximum atomic E-state index is 11.2. The summed E-state index contributed by atoms with van der Waals surface area (Å²) in [4.78, 5) is 21.2. The predicted molar refractivity (Wildman–Crippen MR) is 60.2 cm³/mol. The van der Waals surface area contributed by atoms with Crippen molar-refractivity contribution in [2.75, 3.05) is 0 Å². The third-order valence-electron chi connectivity index (χ3n) is 3.31. The summed E-state index contributed by atoms with van der Waals surface area (Å²) >= 11 is 0. The summed E-state index contributed by atoms with van der Waals surface area (Å²) in [5.41, 5.74) is -0.495. The van der Waals surface area contributed by atoms with Crippen LogP contribution >= 0.6 is 0 Å². The summed E-state index contributed by atoms with van der Waals surface area (Å²) in [5, 5.41) is 0. The van der Waals surface area contributed by atoms with Crippen LogP contribution in [-0.2, 0) is 14.6 Å². The van der Waals surface area contributed by atoms with Crippen molar-refractivity contribution >= 4 is 5.97 Å². The van der Waals surface area contributed by atoms with Crippen LogP contribution in [0.25, 0.3) is 0 Å². The second-order valence-corrected chi connectivity index (χ2v) is 5.04. The van der Waals surface area contributed by atoms with Gasteiger partial charge in [0.25, 0.3) is 0 Å². The minimum Gasteiger partial charge on any atom is -0.298 e. The quantitative estimate of drug-likeness (QED) is 0.503. The molecular weight excluding hydrogens is 192 g/mol. The fraction of sp³-hybridized carbons (Fsp3) is 0.917. The van der Waals surface area contributed by atoms with Crippen LogP contribution in [0, 0.1) is 5.41 Å². The van der Waals surface area contributed by atoms with Gasteiger partial charge in [0.1, 0.15) is 5.60 Å². The fourth-order valence-corrected chi connectivity index (χ4v) is 0.935. The average Bonchev–Trinajstić information content (AvgIpc) is 2.15. The molecule has 0 aliphatic heterocycles. The largest absolute Gasteiger partial charge is 0.342 e. The molecule has 0 aliphatic rings. The molecule has 0 radical (unpaired) electrons. The molecule has 0 aromatic heterocycles. The lowest BCUT2D eigenvalue weighted by Crippen LogP contribution is -2.41. The number of carbonyl (C=O) groups is 1. The molecule has 3 nitrogen and oxygen atoms in total. The zero-order valence-electron chi connectivity index (χ0n) is 10.8. The minimum atomic E-state index is -0.467. The summed E-state index contributed by atoms with van der Waals surface area (Å²) < 4.78 is 0. The Morgan fingerprint density at radius 1 is 1.13 bits per heavy atom. The third-order valence-corrected chi connectivity index (χ3v) is 3.31. The molecule has 0 aromatic carbocycles. The van der Waals surface area contributed by atoms with E-state index in [2.05, 4.69) is 20.8 Å². The van der Waals surface area contributed by atoms with Crippen LogP contribution in [0.5, 0.6) is 0 Å². The van der Waals surface area contributed by atoms with E-state index >= 15 is 0 Å². The highest BCUT2D eigenvalue weighted by molar-refractivity contribution is 5.68. The topological polar surface area (TPSA) is 35.5 Å². The second-order valence-electron chi connectivity index (χ2n) is 5.04. The number of hydrogen-bond acceptors (Lipinski definition) is 3. The molecule has 0 rings (SSSR count). The molecule has 0 atom stereocenters. The van der Waals surface area contributed by atoms with Crippen molar-refractivity contribution in [3.8, 4) is 0 Å². The Hall–Kier alpha value is -0.570. The smallest absolute Gasteiger partial charge is 0.298 e. The van der Waals surface area contributed by atoms with Gasteiger partial charge in [-0.25, -0.2) is 4.79 Å². The maximum Gasteiger partial charge on any atom is 0.342 e. The minimum absolute atomic E-state index is 0.0283. The molecule has 90 valence electrons. The highest BCUT2D eigenvalue weighted by Crippen LogP contribution is 2.36. The van der Waals surface area contributed by atoms with Crippen molar-refractivity contribution in [1.82, 2.24) is 0 Å². The Bertz CT molecular complexity index is 207. The third kappa shape index (κ3) is 4.20. The molecule has 0 N–H and O–H groups in total.